The van der Waals surface area contributed by atoms with Crippen LogP contribution in [-0.2, 0) is 17.9 Å². The second-order valence-corrected chi connectivity index (χ2v) is 8.45. The number of fused-ring (bicyclic) bond motifs is 4. The van der Waals surface area contributed by atoms with Crippen LogP contribution < -0.4 is 5.56 Å². The van der Waals surface area contributed by atoms with Crippen molar-refractivity contribution >= 4 is 28.0 Å². The predicted molar refractivity (Wildman–Crippen MR) is 113 cm³/mol. The Hall–Kier alpha value is -2.74. The molecule has 1 aromatic carbocycles. The zero-order valence-corrected chi connectivity index (χ0v) is 17.6. The number of hydrogen-bond acceptors (Lipinski definition) is 5. The third-order valence-electron chi connectivity index (χ3n) is 5.57. The minimum Gasteiger partial charge on any atom is -0.448 e. The summed E-state index contributed by atoms with van der Waals surface area (Å²) in [6, 6.07) is 7.41. The number of amides is 1. The fourth-order valence-corrected chi connectivity index (χ4v) is 4.27. The van der Waals surface area contributed by atoms with E-state index in [1.807, 2.05) is 29.2 Å². The number of aromatic nitrogens is 2. The van der Waals surface area contributed by atoms with Crippen LogP contribution in [0, 0.1) is 11.8 Å². The van der Waals surface area contributed by atoms with Gasteiger partial charge in [-0.05, 0) is 18.1 Å². The van der Waals surface area contributed by atoms with Gasteiger partial charge in [0.1, 0.15) is 23.6 Å². The first-order chi connectivity index (χ1) is 14.4. The van der Waals surface area contributed by atoms with Gasteiger partial charge in [-0.1, -0.05) is 26.0 Å². The van der Waals surface area contributed by atoms with Crippen LogP contribution in [0.3, 0.4) is 0 Å². The zero-order valence-electron chi connectivity index (χ0n) is 17.6. The molecule has 0 saturated heterocycles. The Balaban J connectivity index is 1.76. The van der Waals surface area contributed by atoms with Gasteiger partial charge in [0.25, 0.3) is 5.56 Å². The van der Waals surface area contributed by atoms with E-state index in [9.17, 15) is 14.0 Å². The third-order valence-corrected chi connectivity index (χ3v) is 5.57. The van der Waals surface area contributed by atoms with Gasteiger partial charge in [-0.2, -0.15) is 0 Å². The van der Waals surface area contributed by atoms with Gasteiger partial charge in [-0.3, -0.25) is 19.1 Å². The van der Waals surface area contributed by atoms with Crippen molar-refractivity contribution in [2.24, 2.45) is 11.8 Å². The van der Waals surface area contributed by atoms with Gasteiger partial charge in [-0.25, -0.2) is 9.37 Å². The van der Waals surface area contributed by atoms with Gasteiger partial charge in [0.15, 0.2) is 0 Å². The van der Waals surface area contributed by atoms with E-state index in [2.05, 4.69) is 13.8 Å². The van der Waals surface area contributed by atoms with E-state index < -0.39 is 12.6 Å². The topological polar surface area (TPSA) is 71.6 Å². The third kappa shape index (κ3) is 3.71. The van der Waals surface area contributed by atoms with Crippen molar-refractivity contribution in [3.05, 3.63) is 40.4 Å². The Morgan fingerprint density at radius 2 is 2.07 bits per heavy atom. The lowest BCUT2D eigenvalue weighted by Gasteiger charge is -2.28. The molecule has 0 bridgehead atoms. The van der Waals surface area contributed by atoms with Gasteiger partial charge in [0.05, 0.1) is 12.5 Å². The minimum absolute atomic E-state index is 0.0611. The molecule has 0 spiro atoms. The van der Waals surface area contributed by atoms with Crippen molar-refractivity contribution in [3.8, 4) is 0 Å². The van der Waals surface area contributed by atoms with Gasteiger partial charge < -0.3 is 9.32 Å². The van der Waals surface area contributed by atoms with Crippen LogP contribution >= 0.6 is 0 Å². The number of carbonyl (C=O) groups is 1. The van der Waals surface area contributed by atoms with Crippen molar-refractivity contribution in [1.82, 2.24) is 19.4 Å². The Morgan fingerprint density at radius 1 is 1.30 bits per heavy atom. The molecule has 1 aliphatic heterocycles. The summed E-state index contributed by atoms with van der Waals surface area (Å²) in [4.78, 5) is 34.6. The summed E-state index contributed by atoms with van der Waals surface area (Å²) in [6.45, 7) is 5.47. The largest absolute Gasteiger partial charge is 0.448 e. The van der Waals surface area contributed by atoms with Crippen LogP contribution in [0.2, 0.25) is 0 Å². The van der Waals surface area contributed by atoms with E-state index in [4.69, 9.17) is 9.40 Å². The van der Waals surface area contributed by atoms with Crippen molar-refractivity contribution in [2.45, 2.75) is 26.9 Å². The van der Waals surface area contributed by atoms with Crippen molar-refractivity contribution in [3.63, 3.8) is 0 Å². The summed E-state index contributed by atoms with van der Waals surface area (Å²) in [6.07, 6.45) is 0. The number of furan rings is 1. The first-order valence-electron chi connectivity index (χ1n) is 10.3. The Morgan fingerprint density at radius 3 is 2.80 bits per heavy atom. The molecule has 0 fully saturated rings. The summed E-state index contributed by atoms with van der Waals surface area (Å²) in [5.41, 5.74) is 1.07. The molecule has 7 nitrogen and oxygen atoms in total. The number of hydrogen-bond donors (Lipinski definition) is 0. The molecule has 0 unspecified atom stereocenters. The SMILES string of the molecule is CC(C)CN(CCF)C[C@@H]1Cn2c(nc3c(oc4ccccc43)c2=O)CN(C)C1=O. The number of alkyl halides is 1. The molecule has 1 aliphatic rings. The average Bonchev–Trinajstić information content (AvgIpc) is 3.02. The van der Waals surface area contributed by atoms with Crippen molar-refractivity contribution in [1.29, 1.82) is 0 Å². The summed E-state index contributed by atoms with van der Waals surface area (Å²) in [5.74, 6) is 0.372. The van der Waals surface area contributed by atoms with Crippen molar-refractivity contribution < 1.29 is 13.6 Å². The van der Waals surface area contributed by atoms with Gasteiger partial charge in [0.2, 0.25) is 11.5 Å². The molecule has 2 aromatic heterocycles. The molecule has 8 heteroatoms. The number of para-hydroxylation sites is 1. The standard InChI is InChI=1S/C22H27FN4O3/c1-14(2)10-26(9-8-23)11-15-12-27-18(13-25(3)21(15)28)24-19-16-6-4-5-7-17(16)30-20(19)22(27)29/h4-7,14-15H,8-13H2,1-3H3/t15-/m1/s1. The number of rotatable bonds is 6. The average molecular weight is 414 g/mol. The summed E-state index contributed by atoms with van der Waals surface area (Å²) in [5, 5.41) is 0.786. The molecule has 1 amide bonds. The van der Waals surface area contributed by atoms with Crippen LogP contribution in [0.4, 0.5) is 4.39 Å². The van der Waals surface area contributed by atoms with Gasteiger partial charge in [-0.15, -0.1) is 0 Å². The van der Waals surface area contributed by atoms with E-state index in [0.29, 0.717) is 35.9 Å². The minimum atomic E-state index is -0.471. The van der Waals surface area contributed by atoms with Crippen LogP contribution in [-0.4, -0.2) is 58.6 Å². The zero-order chi connectivity index (χ0) is 21.4. The van der Waals surface area contributed by atoms with E-state index in [1.54, 1.807) is 16.5 Å². The van der Waals surface area contributed by atoms with E-state index in [-0.39, 0.29) is 36.7 Å². The molecule has 3 aromatic rings. The number of benzene rings is 1. The van der Waals surface area contributed by atoms with E-state index in [0.717, 1.165) is 5.39 Å². The van der Waals surface area contributed by atoms with E-state index >= 15 is 0 Å². The first kappa shape index (κ1) is 20.5. The highest BCUT2D eigenvalue weighted by Crippen LogP contribution is 2.26. The monoisotopic (exact) mass is 414 g/mol. The summed E-state index contributed by atoms with van der Waals surface area (Å²) in [7, 11) is 1.72. The quantitative estimate of drug-likeness (QED) is 0.620. The summed E-state index contributed by atoms with van der Waals surface area (Å²) >= 11 is 0. The number of nitrogens with zero attached hydrogens (tertiary/aromatic N) is 4. The molecule has 0 aliphatic carbocycles. The smallest absolute Gasteiger partial charge is 0.297 e. The fraction of sp³-hybridized carbons (Fsp3) is 0.500. The highest BCUT2D eigenvalue weighted by atomic mass is 19.1. The molecule has 3 heterocycles. The highest BCUT2D eigenvalue weighted by Gasteiger charge is 2.31. The Bertz CT molecular complexity index is 1140. The lowest BCUT2D eigenvalue weighted by molar-refractivity contribution is -0.135. The fourth-order valence-electron chi connectivity index (χ4n) is 4.27. The molecule has 0 N–H and O–H groups in total. The number of halogens is 1. The van der Waals surface area contributed by atoms with Crippen LogP contribution in [0.25, 0.3) is 22.1 Å². The highest BCUT2D eigenvalue weighted by molar-refractivity contribution is 6.01. The maximum absolute atomic E-state index is 13.3. The molecule has 0 saturated carbocycles. The van der Waals surface area contributed by atoms with Gasteiger partial charge in [0, 0.05) is 38.6 Å². The lowest BCUT2D eigenvalue weighted by atomic mass is 10.1. The van der Waals surface area contributed by atoms with Crippen molar-refractivity contribution in [2.75, 3.05) is 33.4 Å². The normalized spacial score (nSPS) is 17.3. The molecular formula is C22H27FN4O3. The molecule has 30 heavy (non-hydrogen) atoms. The molecule has 0 radical (unpaired) electrons. The number of carbonyl (C=O) groups excluding carboxylic acids is 1. The van der Waals surface area contributed by atoms with Crippen LogP contribution in [0.5, 0.6) is 0 Å². The van der Waals surface area contributed by atoms with Gasteiger partial charge >= 0.3 is 0 Å². The maximum Gasteiger partial charge on any atom is 0.297 e. The first-order valence-corrected chi connectivity index (χ1v) is 10.3. The summed E-state index contributed by atoms with van der Waals surface area (Å²) < 4.78 is 20.4. The second-order valence-electron chi connectivity index (χ2n) is 8.45. The van der Waals surface area contributed by atoms with E-state index in [1.165, 1.54) is 0 Å². The second kappa shape index (κ2) is 8.18. The molecule has 160 valence electrons. The molecule has 1 atom stereocenters. The van der Waals surface area contributed by atoms with Crippen LogP contribution in [0.1, 0.15) is 19.7 Å². The van der Waals surface area contributed by atoms with Crippen LogP contribution in [0.15, 0.2) is 33.5 Å². The Kier molecular flexibility index (Phi) is 5.60. The lowest BCUT2D eigenvalue weighted by Crippen LogP contribution is -2.42. The molecule has 4 rings (SSSR count). The Labute approximate surface area is 174 Å². The maximum atomic E-state index is 13.3. The molecular weight excluding hydrogens is 387 g/mol. The predicted octanol–water partition coefficient (Wildman–Crippen LogP) is 2.66.